The summed E-state index contributed by atoms with van der Waals surface area (Å²) in [6, 6.07) is 7.53. The van der Waals surface area contributed by atoms with Gasteiger partial charge in [-0.25, -0.2) is 13.2 Å². The van der Waals surface area contributed by atoms with Gasteiger partial charge < -0.3 is 19.6 Å². The molecule has 0 saturated carbocycles. The number of rotatable bonds is 8. The number of nitrogens with zero attached hydrogens (tertiary/aromatic N) is 2. The molecule has 0 radical (unpaired) electrons. The summed E-state index contributed by atoms with van der Waals surface area (Å²) in [6.45, 7) is 3.30. The van der Waals surface area contributed by atoms with E-state index in [0.717, 1.165) is 16.1 Å². The average molecular weight is 466 g/mol. The van der Waals surface area contributed by atoms with Crippen molar-refractivity contribution in [3.63, 3.8) is 0 Å². The van der Waals surface area contributed by atoms with Gasteiger partial charge in [0, 0.05) is 37.7 Å². The van der Waals surface area contributed by atoms with Crippen molar-refractivity contribution in [3.8, 4) is 0 Å². The first-order chi connectivity index (χ1) is 15.0. The van der Waals surface area contributed by atoms with Gasteiger partial charge in [-0.1, -0.05) is 43.2 Å². The lowest BCUT2D eigenvalue weighted by atomic mass is 10.0. The maximum absolute atomic E-state index is 13.3. The molecule has 0 aliphatic carbocycles. The lowest BCUT2D eigenvalue weighted by Gasteiger charge is -2.29. The van der Waals surface area contributed by atoms with E-state index in [0.29, 0.717) is 5.39 Å². The van der Waals surface area contributed by atoms with Gasteiger partial charge in [0.05, 0.1) is 4.90 Å². The Labute approximate surface area is 186 Å². The number of ether oxygens (including phenoxy) is 1. The summed E-state index contributed by atoms with van der Waals surface area (Å²) in [5, 5.41) is 11.7. The Morgan fingerprint density at radius 1 is 1.19 bits per heavy atom. The normalized spacial score (nSPS) is 20.5. The van der Waals surface area contributed by atoms with Crippen LogP contribution >= 0.6 is 0 Å². The number of carbonyl (C=O) groups is 2. The molecule has 1 aliphatic rings. The van der Waals surface area contributed by atoms with Crippen molar-refractivity contribution >= 4 is 38.4 Å². The fourth-order valence-corrected chi connectivity index (χ4v) is 5.24. The molecule has 3 rings (SSSR count). The summed E-state index contributed by atoms with van der Waals surface area (Å²) in [6.07, 6.45) is -1.26. The van der Waals surface area contributed by atoms with Crippen LogP contribution in [-0.2, 0) is 29.2 Å². The monoisotopic (exact) mass is 465 g/mol. The molecule has 11 heteroatoms. The van der Waals surface area contributed by atoms with Crippen LogP contribution in [-0.4, -0.2) is 70.0 Å². The second kappa shape index (κ2) is 9.02. The van der Waals surface area contributed by atoms with Crippen LogP contribution in [0.1, 0.15) is 13.8 Å². The summed E-state index contributed by atoms with van der Waals surface area (Å²) >= 11 is 0. The lowest BCUT2D eigenvalue weighted by Crippen LogP contribution is -2.53. The number of anilines is 1. The number of nitrogens with one attached hydrogen (secondary N) is 1. The second-order valence-corrected chi connectivity index (χ2v) is 9.73. The predicted molar refractivity (Wildman–Crippen MR) is 117 cm³/mol. The zero-order valence-electron chi connectivity index (χ0n) is 18.5. The maximum Gasteiger partial charge on any atom is 0.347 e. The van der Waals surface area contributed by atoms with Gasteiger partial charge in [-0.2, -0.15) is 4.72 Å². The number of sulfonamides is 1. The number of hydrogen-bond donors (Lipinski definition) is 2. The first-order valence-electron chi connectivity index (χ1n) is 9.96. The van der Waals surface area contributed by atoms with E-state index in [4.69, 9.17) is 9.57 Å². The molecule has 0 amide bonds. The fraction of sp³-hybridized carbons (Fsp3) is 0.429. The third kappa shape index (κ3) is 4.29. The number of benzene rings is 2. The van der Waals surface area contributed by atoms with E-state index < -0.39 is 46.2 Å². The summed E-state index contributed by atoms with van der Waals surface area (Å²) < 4.78 is 34.3. The molecule has 3 atom stereocenters. The van der Waals surface area contributed by atoms with Crippen LogP contribution in [0.25, 0.3) is 10.8 Å². The maximum atomic E-state index is 13.3. The van der Waals surface area contributed by atoms with Crippen LogP contribution in [0.3, 0.4) is 0 Å². The van der Waals surface area contributed by atoms with Crippen LogP contribution in [0, 0.1) is 5.92 Å². The van der Waals surface area contributed by atoms with Crippen LogP contribution in [0.5, 0.6) is 0 Å². The Morgan fingerprint density at radius 2 is 1.81 bits per heavy atom. The summed E-state index contributed by atoms with van der Waals surface area (Å²) in [5.74, 6) is -2.60. The third-order valence-corrected chi connectivity index (χ3v) is 6.80. The van der Waals surface area contributed by atoms with Crippen molar-refractivity contribution in [2.75, 3.05) is 26.1 Å². The second-order valence-electron chi connectivity index (χ2n) is 8.05. The number of hydrogen-bond acceptors (Lipinski definition) is 8. The molecule has 0 aromatic heterocycles. The molecule has 1 fully saturated rings. The standard InChI is InChI=1S/C21H27N3O7S/c1-12(2)18(20(25)26)24-19(30-5)17(21(27)31-24)22-32(28,29)16-11-7-8-13-14(16)9-6-10-15(13)23(3)4/h6-12,17-19,22H,1-5H3,(H,25,26). The van der Waals surface area contributed by atoms with Gasteiger partial charge in [0.2, 0.25) is 10.0 Å². The Bertz CT molecular complexity index is 1130. The molecule has 1 saturated heterocycles. The molecule has 2 aromatic carbocycles. The number of carboxylic acids is 1. The summed E-state index contributed by atoms with van der Waals surface area (Å²) in [5.41, 5.74) is 0.835. The highest BCUT2D eigenvalue weighted by molar-refractivity contribution is 7.89. The van der Waals surface area contributed by atoms with E-state index in [1.165, 1.54) is 13.2 Å². The van der Waals surface area contributed by atoms with Crippen molar-refractivity contribution in [1.82, 2.24) is 9.79 Å². The molecule has 2 aromatic rings. The molecule has 174 valence electrons. The first kappa shape index (κ1) is 23.9. The molecule has 2 N–H and O–H groups in total. The van der Waals surface area contributed by atoms with E-state index in [1.54, 1.807) is 32.0 Å². The molecule has 1 aliphatic heterocycles. The van der Waals surface area contributed by atoms with Crippen LogP contribution in [0.15, 0.2) is 41.3 Å². The van der Waals surface area contributed by atoms with E-state index >= 15 is 0 Å². The quantitative estimate of drug-likeness (QED) is 0.595. The van der Waals surface area contributed by atoms with Gasteiger partial charge in [0.25, 0.3) is 0 Å². The topological polar surface area (TPSA) is 125 Å². The van der Waals surface area contributed by atoms with Crippen LogP contribution < -0.4 is 9.62 Å². The predicted octanol–water partition coefficient (Wildman–Crippen LogP) is 1.41. The number of fused-ring (bicyclic) bond motifs is 1. The van der Waals surface area contributed by atoms with E-state index in [2.05, 4.69) is 4.72 Å². The minimum absolute atomic E-state index is 0.0153. The SMILES string of the molecule is COC1C(NS(=O)(=O)c2cccc3c(N(C)C)cccc23)C(=O)ON1C(C(=O)O)C(C)C. The van der Waals surface area contributed by atoms with Gasteiger partial charge in [-0.05, 0) is 18.1 Å². The van der Waals surface area contributed by atoms with Crippen molar-refractivity contribution in [1.29, 1.82) is 0 Å². The Morgan fingerprint density at radius 3 is 2.38 bits per heavy atom. The van der Waals surface area contributed by atoms with Gasteiger partial charge in [-0.15, -0.1) is 0 Å². The van der Waals surface area contributed by atoms with Crippen molar-refractivity contribution < 1.29 is 32.7 Å². The van der Waals surface area contributed by atoms with Crippen LogP contribution in [0.4, 0.5) is 5.69 Å². The fourth-order valence-electron chi connectivity index (χ4n) is 3.84. The lowest BCUT2D eigenvalue weighted by molar-refractivity contribution is -0.226. The molecule has 0 bridgehead atoms. The molecule has 0 spiro atoms. The highest BCUT2D eigenvalue weighted by Crippen LogP contribution is 2.31. The number of aliphatic carboxylic acids is 1. The number of carboxylic acid groups (broad SMARTS) is 1. The highest BCUT2D eigenvalue weighted by Gasteiger charge is 2.51. The highest BCUT2D eigenvalue weighted by atomic mass is 32.2. The largest absolute Gasteiger partial charge is 0.480 e. The molecular weight excluding hydrogens is 438 g/mol. The molecule has 10 nitrogen and oxygen atoms in total. The minimum Gasteiger partial charge on any atom is -0.480 e. The Balaban J connectivity index is 2.00. The van der Waals surface area contributed by atoms with E-state index in [1.807, 2.05) is 31.1 Å². The van der Waals surface area contributed by atoms with Crippen molar-refractivity contribution in [3.05, 3.63) is 36.4 Å². The number of hydroxylamine groups is 2. The van der Waals surface area contributed by atoms with E-state index in [-0.39, 0.29) is 4.90 Å². The first-order valence-corrected chi connectivity index (χ1v) is 11.4. The van der Waals surface area contributed by atoms with Crippen molar-refractivity contribution in [2.45, 2.75) is 37.1 Å². The Kier molecular flexibility index (Phi) is 6.75. The average Bonchev–Trinajstić information content (AvgIpc) is 3.00. The van der Waals surface area contributed by atoms with Gasteiger partial charge in [0.1, 0.15) is 6.04 Å². The molecular formula is C21H27N3O7S. The number of methoxy groups -OCH3 is 1. The van der Waals surface area contributed by atoms with Crippen molar-refractivity contribution in [2.24, 2.45) is 5.92 Å². The minimum atomic E-state index is -4.20. The van der Waals surface area contributed by atoms with Gasteiger partial charge >= 0.3 is 11.9 Å². The third-order valence-electron chi connectivity index (χ3n) is 5.30. The Hall–Kier alpha value is -2.73. The van der Waals surface area contributed by atoms with E-state index in [9.17, 15) is 23.1 Å². The molecule has 32 heavy (non-hydrogen) atoms. The van der Waals surface area contributed by atoms with Crippen LogP contribution in [0.2, 0.25) is 0 Å². The smallest absolute Gasteiger partial charge is 0.347 e. The zero-order chi connectivity index (χ0) is 23.8. The number of carbonyl (C=O) groups excluding carboxylic acids is 1. The molecule has 1 heterocycles. The molecule has 3 unspecified atom stereocenters. The summed E-state index contributed by atoms with van der Waals surface area (Å²) in [7, 11) is 0.760. The van der Waals surface area contributed by atoms with Gasteiger partial charge in [0.15, 0.2) is 12.3 Å². The summed E-state index contributed by atoms with van der Waals surface area (Å²) in [4.78, 5) is 31.3. The van der Waals surface area contributed by atoms with Gasteiger partial charge in [-0.3, -0.25) is 4.79 Å². The zero-order valence-corrected chi connectivity index (χ0v) is 19.3.